The average Bonchev–Trinajstić information content (AvgIpc) is 2.88. The number of ether oxygens (including phenoxy) is 3. The molecule has 0 amide bonds. The molecule has 4 rings (SSSR count). The summed E-state index contributed by atoms with van der Waals surface area (Å²) in [6.45, 7) is 15.9. The average molecular weight is 533 g/mol. The van der Waals surface area contributed by atoms with Gasteiger partial charge in [-0.25, -0.2) is 9.37 Å². The lowest BCUT2D eigenvalue weighted by Crippen LogP contribution is -2.27. The first-order chi connectivity index (χ1) is 18.5. The number of aryl methyl sites for hydroxylation is 1. The fourth-order valence-corrected chi connectivity index (χ4v) is 5.07. The van der Waals surface area contributed by atoms with Crippen molar-refractivity contribution < 1.29 is 23.4 Å². The molecule has 7 heteroatoms. The number of carbonyl (C=O) groups excluding carboxylic acids is 1. The van der Waals surface area contributed by atoms with Crippen molar-refractivity contribution in [2.75, 3.05) is 13.2 Å². The summed E-state index contributed by atoms with van der Waals surface area (Å²) in [4.78, 5) is 21.4. The zero-order chi connectivity index (χ0) is 28.3. The van der Waals surface area contributed by atoms with Crippen molar-refractivity contribution in [1.29, 1.82) is 0 Å². The molecule has 206 valence electrons. The third-order valence-electron chi connectivity index (χ3n) is 6.65. The first-order valence-corrected chi connectivity index (χ1v) is 13.3. The Morgan fingerprint density at radius 1 is 1.28 bits per heavy atom. The van der Waals surface area contributed by atoms with Gasteiger partial charge in [0.05, 0.1) is 35.7 Å². The molecule has 2 unspecified atom stereocenters. The zero-order valence-electron chi connectivity index (χ0n) is 23.6. The van der Waals surface area contributed by atoms with Crippen LogP contribution in [0.25, 0.3) is 16.5 Å². The van der Waals surface area contributed by atoms with Crippen molar-refractivity contribution in [3.8, 4) is 0 Å². The largest absolute Gasteiger partial charge is 0.463 e. The highest BCUT2D eigenvalue weighted by atomic mass is 19.1. The van der Waals surface area contributed by atoms with Crippen LogP contribution < -0.4 is 0 Å². The predicted molar refractivity (Wildman–Crippen MR) is 151 cm³/mol. The number of hydrogen-bond acceptors (Lipinski definition) is 6. The van der Waals surface area contributed by atoms with Gasteiger partial charge in [0, 0.05) is 29.6 Å². The highest BCUT2D eigenvalue weighted by Crippen LogP contribution is 2.41. The molecule has 39 heavy (non-hydrogen) atoms. The second kappa shape index (κ2) is 11.8. The highest BCUT2D eigenvalue weighted by molar-refractivity contribution is 5.99. The molecule has 0 saturated carbocycles. The Kier molecular flexibility index (Phi) is 8.62. The summed E-state index contributed by atoms with van der Waals surface area (Å²) < 4.78 is 32.2. The minimum atomic E-state index is -1.21. The number of allylic oxidation sites excluding steroid dienone is 2. The van der Waals surface area contributed by atoms with Crippen molar-refractivity contribution in [2.24, 2.45) is 0 Å². The molecule has 3 aromatic rings. The van der Waals surface area contributed by atoms with Gasteiger partial charge in [0.2, 0.25) is 0 Å². The third-order valence-corrected chi connectivity index (χ3v) is 6.65. The number of benzene rings is 1. The minimum absolute atomic E-state index is 0.0315. The highest BCUT2D eigenvalue weighted by Gasteiger charge is 2.30. The molecule has 0 fully saturated rings. The number of esters is 1. The van der Waals surface area contributed by atoms with Gasteiger partial charge >= 0.3 is 5.97 Å². The molecule has 0 saturated heterocycles. The number of halogens is 1. The van der Waals surface area contributed by atoms with Gasteiger partial charge < -0.3 is 14.2 Å². The van der Waals surface area contributed by atoms with E-state index in [-0.39, 0.29) is 6.61 Å². The second-order valence-electron chi connectivity index (χ2n) is 10.8. The number of pyridine rings is 2. The molecule has 0 bridgehead atoms. The van der Waals surface area contributed by atoms with Crippen LogP contribution in [0.15, 0.2) is 49.2 Å². The molecular weight excluding hydrogens is 495 g/mol. The third kappa shape index (κ3) is 6.43. The summed E-state index contributed by atoms with van der Waals surface area (Å²) in [6, 6.07) is 7.58. The van der Waals surface area contributed by atoms with E-state index in [1.807, 2.05) is 58.2 Å². The molecule has 0 spiro atoms. The van der Waals surface area contributed by atoms with Gasteiger partial charge in [0.25, 0.3) is 0 Å². The number of nitrogens with zero attached hydrogens (tertiary/aromatic N) is 2. The number of aromatic nitrogens is 2. The smallest absolute Gasteiger partial charge is 0.302 e. The van der Waals surface area contributed by atoms with Crippen LogP contribution in [-0.2, 0) is 32.0 Å². The maximum atomic E-state index is 14.3. The lowest BCUT2D eigenvalue weighted by atomic mass is 9.85. The number of hydrogen-bond donors (Lipinski definition) is 0. The molecule has 2 atom stereocenters. The van der Waals surface area contributed by atoms with Gasteiger partial charge in [-0.15, -0.1) is 0 Å². The van der Waals surface area contributed by atoms with E-state index in [1.165, 1.54) is 19.4 Å². The second-order valence-corrected chi connectivity index (χ2v) is 10.8. The quantitative estimate of drug-likeness (QED) is 0.228. The summed E-state index contributed by atoms with van der Waals surface area (Å²) in [7, 11) is 0. The number of alkyl halides is 1. The summed E-state index contributed by atoms with van der Waals surface area (Å²) >= 11 is 0. The van der Waals surface area contributed by atoms with E-state index in [0.29, 0.717) is 24.4 Å². The van der Waals surface area contributed by atoms with Crippen LogP contribution in [0.4, 0.5) is 4.39 Å². The van der Waals surface area contributed by atoms with E-state index in [0.717, 1.165) is 45.3 Å². The summed E-state index contributed by atoms with van der Waals surface area (Å²) in [5.41, 5.74) is 6.87. The van der Waals surface area contributed by atoms with Crippen LogP contribution in [0.5, 0.6) is 0 Å². The van der Waals surface area contributed by atoms with Gasteiger partial charge in [-0.2, -0.15) is 0 Å². The van der Waals surface area contributed by atoms with Crippen LogP contribution in [0, 0.1) is 6.92 Å². The van der Waals surface area contributed by atoms with Crippen LogP contribution in [0.1, 0.15) is 86.1 Å². The molecular formula is C32H37FN2O4. The van der Waals surface area contributed by atoms with Gasteiger partial charge in [0.15, 0.2) is 0 Å². The minimum Gasteiger partial charge on any atom is -0.463 e. The van der Waals surface area contributed by atoms with Crippen LogP contribution in [-0.4, -0.2) is 34.8 Å². The Morgan fingerprint density at radius 2 is 2.05 bits per heavy atom. The Bertz CT molecular complexity index is 1420. The molecule has 1 aliphatic heterocycles. The predicted octanol–water partition coefficient (Wildman–Crippen LogP) is 7.08. The normalized spacial score (nSPS) is 15.5. The van der Waals surface area contributed by atoms with Gasteiger partial charge in [-0.1, -0.05) is 24.8 Å². The summed E-state index contributed by atoms with van der Waals surface area (Å²) in [6.07, 6.45) is 4.49. The Morgan fingerprint density at radius 3 is 2.72 bits per heavy atom. The Balaban J connectivity index is 2.08. The fraction of sp³-hybridized carbons (Fsp3) is 0.406. The molecule has 3 heterocycles. The molecule has 2 aromatic heterocycles. The van der Waals surface area contributed by atoms with Gasteiger partial charge in [-0.05, 0) is 81.5 Å². The molecule has 6 nitrogen and oxygen atoms in total. The van der Waals surface area contributed by atoms with Crippen LogP contribution in [0.3, 0.4) is 0 Å². The Labute approximate surface area is 229 Å². The molecule has 1 aromatic carbocycles. The lowest BCUT2D eigenvalue weighted by molar-refractivity contribution is -0.150. The maximum absolute atomic E-state index is 14.3. The summed E-state index contributed by atoms with van der Waals surface area (Å²) in [5.74, 6) is -0.390. The van der Waals surface area contributed by atoms with E-state index in [9.17, 15) is 9.18 Å². The topological polar surface area (TPSA) is 70.5 Å². The van der Waals surface area contributed by atoms with Crippen molar-refractivity contribution in [2.45, 2.75) is 72.4 Å². The lowest BCUT2D eigenvalue weighted by Gasteiger charge is -2.31. The van der Waals surface area contributed by atoms with Crippen LogP contribution in [0.2, 0.25) is 0 Å². The van der Waals surface area contributed by atoms with Crippen molar-refractivity contribution in [1.82, 2.24) is 9.97 Å². The van der Waals surface area contributed by atoms with E-state index in [2.05, 4.69) is 11.6 Å². The van der Waals surface area contributed by atoms with E-state index < -0.39 is 23.8 Å². The maximum Gasteiger partial charge on any atom is 0.302 e. The van der Waals surface area contributed by atoms with Crippen molar-refractivity contribution >= 4 is 22.4 Å². The monoisotopic (exact) mass is 532 g/mol. The standard InChI is InChI=1S/C32H37FN2O4/c1-8-9-24(31-25-17-37-15-13-22(25)12-14-34-31)30-23-10-11-26(20(3)33)35-27(23)16-19(2)29(30)28(18-38-21(4)36)39-32(5,6)7/h8-12,14,16,20,28H,1,13,15,17-18H2,2-7H3. The number of carbonyl (C=O) groups is 1. The zero-order valence-corrected chi connectivity index (χ0v) is 23.6. The Hall–Kier alpha value is -3.42. The molecule has 0 aliphatic carbocycles. The number of fused-ring (bicyclic) bond motifs is 2. The van der Waals surface area contributed by atoms with Gasteiger partial charge in [0.1, 0.15) is 18.9 Å². The molecule has 0 N–H and O–H groups in total. The first kappa shape index (κ1) is 28.6. The van der Waals surface area contributed by atoms with E-state index >= 15 is 0 Å². The summed E-state index contributed by atoms with van der Waals surface area (Å²) in [5, 5.41) is 0.814. The van der Waals surface area contributed by atoms with E-state index in [1.54, 1.807) is 12.1 Å². The molecule has 0 radical (unpaired) electrons. The SMILES string of the molecule is C=CC=C(c1nccc2c1COCC2)c1c(C(COC(C)=O)OC(C)(C)C)c(C)cc2nc(C(C)F)ccc12. The van der Waals surface area contributed by atoms with Crippen molar-refractivity contribution in [3.05, 3.63) is 88.4 Å². The van der Waals surface area contributed by atoms with E-state index in [4.69, 9.17) is 19.2 Å². The number of rotatable bonds is 8. The van der Waals surface area contributed by atoms with Crippen LogP contribution >= 0.6 is 0 Å². The van der Waals surface area contributed by atoms with Crippen molar-refractivity contribution in [3.63, 3.8) is 0 Å². The fourth-order valence-electron chi connectivity index (χ4n) is 5.07. The molecule has 1 aliphatic rings. The first-order valence-electron chi connectivity index (χ1n) is 13.3. The van der Waals surface area contributed by atoms with Gasteiger partial charge in [-0.3, -0.25) is 9.78 Å².